The summed E-state index contributed by atoms with van der Waals surface area (Å²) in [6, 6.07) is 5.73. The van der Waals surface area contributed by atoms with Gasteiger partial charge in [0, 0.05) is 0 Å². The molecule has 1 heterocycles. The minimum absolute atomic E-state index is 0.125. The number of carbonyl (C=O) groups excluding carboxylic acids is 3. The number of hydrogen-bond donors (Lipinski definition) is 1. The van der Waals surface area contributed by atoms with Gasteiger partial charge in [0.15, 0.2) is 6.61 Å². The zero-order valence-electron chi connectivity index (χ0n) is 14.2. The summed E-state index contributed by atoms with van der Waals surface area (Å²) in [5.41, 5.74) is 4.37. The Morgan fingerprint density at radius 1 is 1.16 bits per heavy atom. The number of amides is 3. The van der Waals surface area contributed by atoms with E-state index in [2.05, 4.69) is 5.43 Å². The van der Waals surface area contributed by atoms with Gasteiger partial charge in [0.05, 0.1) is 11.8 Å². The van der Waals surface area contributed by atoms with Crippen LogP contribution in [0.1, 0.15) is 17.5 Å². The first-order valence-corrected chi connectivity index (χ1v) is 8.51. The summed E-state index contributed by atoms with van der Waals surface area (Å²) in [6.07, 6.45) is 4.91. The van der Waals surface area contributed by atoms with E-state index < -0.39 is 5.91 Å². The zero-order valence-corrected chi connectivity index (χ0v) is 14.2. The Labute approximate surface area is 145 Å². The van der Waals surface area contributed by atoms with Crippen molar-refractivity contribution in [2.45, 2.75) is 20.3 Å². The molecule has 25 heavy (non-hydrogen) atoms. The Morgan fingerprint density at radius 2 is 1.80 bits per heavy atom. The van der Waals surface area contributed by atoms with Gasteiger partial charge in [-0.3, -0.25) is 19.8 Å². The van der Waals surface area contributed by atoms with Gasteiger partial charge in [-0.05, 0) is 49.3 Å². The average molecular weight is 340 g/mol. The monoisotopic (exact) mass is 340 g/mol. The molecule has 0 unspecified atom stereocenters. The number of rotatable bonds is 4. The van der Waals surface area contributed by atoms with E-state index in [1.165, 1.54) is 0 Å². The van der Waals surface area contributed by atoms with Crippen LogP contribution in [0.4, 0.5) is 0 Å². The van der Waals surface area contributed by atoms with E-state index in [0.717, 1.165) is 22.6 Å². The highest BCUT2D eigenvalue weighted by molar-refractivity contribution is 6.07. The minimum atomic E-state index is -0.511. The molecule has 0 radical (unpaired) electrons. The van der Waals surface area contributed by atoms with Crippen LogP contribution in [-0.4, -0.2) is 29.3 Å². The first kappa shape index (κ1) is 15.9. The Kier molecular flexibility index (Phi) is 3.63. The Balaban J connectivity index is 1.39. The van der Waals surface area contributed by atoms with Crippen LogP contribution in [0.2, 0.25) is 0 Å². The molecule has 2 aliphatic carbocycles. The molecule has 6 nitrogen and oxygen atoms in total. The maximum atomic E-state index is 12.5. The molecule has 1 saturated heterocycles. The van der Waals surface area contributed by atoms with Crippen LogP contribution in [0.25, 0.3) is 0 Å². The van der Waals surface area contributed by atoms with Crippen molar-refractivity contribution in [3.8, 4) is 5.75 Å². The van der Waals surface area contributed by atoms with Crippen molar-refractivity contribution in [1.29, 1.82) is 0 Å². The number of allylic oxidation sites excluding steroid dienone is 2. The second-order valence-electron chi connectivity index (χ2n) is 7.10. The lowest BCUT2D eigenvalue weighted by Crippen LogP contribution is -2.48. The van der Waals surface area contributed by atoms with Crippen molar-refractivity contribution in [1.82, 2.24) is 10.4 Å². The lowest BCUT2D eigenvalue weighted by Gasteiger charge is -2.18. The van der Waals surface area contributed by atoms with Crippen LogP contribution in [-0.2, 0) is 14.4 Å². The molecule has 4 atom stereocenters. The number of nitrogens with zero attached hydrogens (tertiary/aromatic N) is 1. The standard InChI is InChI=1S/C19H20N2O4/c1-10-3-4-11(2)14(7-10)25-9-15(22)20-21-18(23)16-12-5-6-13(8-12)17(16)19(21)24/h3-7,12-13,16-17H,8-9H2,1-2H3,(H,20,22)/t12-,13-,16+,17+/m0/s1. The second-order valence-corrected chi connectivity index (χ2v) is 7.10. The molecule has 3 amide bonds. The second kappa shape index (κ2) is 5.72. The molecular formula is C19H20N2O4. The average Bonchev–Trinajstić information content (AvgIpc) is 3.25. The van der Waals surface area contributed by atoms with Gasteiger partial charge in [0.1, 0.15) is 5.75 Å². The largest absolute Gasteiger partial charge is 0.483 e. The predicted octanol–water partition coefficient (Wildman–Crippen LogP) is 1.52. The molecule has 2 bridgehead atoms. The quantitative estimate of drug-likeness (QED) is 0.666. The van der Waals surface area contributed by atoms with E-state index in [1.54, 1.807) is 0 Å². The fraction of sp³-hybridized carbons (Fsp3) is 0.421. The van der Waals surface area contributed by atoms with Crippen molar-refractivity contribution in [3.05, 3.63) is 41.5 Å². The Hall–Kier alpha value is -2.63. The number of benzene rings is 1. The first-order valence-electron chi connectivity index (χ1n) is 8.51. The zero-order chi connectivity index (χ0) is 17.7. The highest BCUT2D eigenvalue weighted by Crippen LogP contribution is 2.52. The van der Waals surface area contributed by atoms with Gasteiger partial charge in [0.2, 0.25) is 0 Å². The SMILES string of the molecule is Cc1ccc(C)c(OCC(=O)NN2C(=O)[C@H]3[C@H](C2=O)[C@H]2C=C[C@H]3C2)c1. The molecule has 130 valence electrons. The topological polar surface area (TPSA) is 75.7 Å². The smallest absolute Gasteiger partial charge is 0.276 e. The molecule has 0 spiro atoms. The highest BCUT2D eigenvalue weighted by atomic mass is 16.5. The molecule has 1 aromatic carbocycles. The van der Waals surface area contributed by atoms with E-state index in [1.807, 2.05) is 44.2 Å². The van der Waals surface area contributed by atoms with E-state index in [0.29, 0.717) is 5.75 Å². The van der Waals surface area contributed by atoms with Crippen LogP contribution in [0.3, 0.4) is 0 Å². The molecule has 1 aliphatic heterocycles. The number of ether oxygens (including phenoxy) is 1. The lowest BCUT2D eigenvalue weighted by atomic mass is 9.85. The summed E-state index contributed by atoms with van der Waals surface area (Å²) < 4.78 is 5.54. The summed E-state index contributed by atoms with van der Waals surface area (Å²) in [6.45, 7) is 3.58. The van der Waals surface area contributed by atoms with Crippen LogP contribution in [0.15, 0.2) is 30.4 Å². The first-order chi connectivity index (χ1) is 12.0. The molecule has 6 heteroatoms. The number of hydrazine groups is 1. The molecule has 1 aromatic rings. The van der Waals surface area contributed by atoms with Crippen LogP contribution < -0.4 is 10.2 Å². The normalized spacial score (nSPS) is 29.3. The number of carbonyl (C=O) groups is 3. The third kappa shape index (κ3) is 2.52. The van der Waals surface area contributed by atoms with Gasteiger partial charge in [-0.15, -0.1) is 0 Å². The number of imide groups is 1. The van der Waals surface area contributed by atoms with Crippen molar-refractivity contribution in [2.24, 2.45) is 23.7 Å². The minimum Gasteiger partial charge on any atom is -0.483 e. The predicted molar refractivity (Wildman–Crippen MR) is 89.1 cm³/mol. The maximum Gasteiger partial charge on any atom is 0.276 e. The summed E-state index contributed by atoms with van der Waals surface area (Å²) in [4.78, 5) is 37.2. The van der Waals surface area contributed by atoms with Crippen LogP contribution >= 0.6 is 0 Å². The van der Waals surface area contributed by atoms with Gasteiger partial charge in [-0.1, -0.05) is 24.3 Å². The molecule has 4 rings (SSSR count). The molecule has 2 fully saturated rings. The maximum absolute atomic E-state index is 12.5. The fourth-order valence-corrected chi connectivity index (χ4v) is 4.18. The molecule has 3 aliphatic rings. The molecule has 0 aromatic heterocycles. The molecular weight excluding hydrogens is 320 g/mol. The van der Waals surface area contributed by atoms with Gasteiger partial charge in [-0.2, -0.15) is 5.01 Å². The summed E-state index contributed by atoms with van der Waals surface area (Å²) in [5, 5.41) is 0.899. The van der Waals surface area contributed by atoms with Crippen molar-refractivity contribution in [3.63, 3.8) is 0 Å². The number of fused-ring (bicyclic) bond motifs is 5. The van der Waals surface area contributed by atoms with E-state index in [-0.39, 0.29) is 42.1 Å². The van der Waals surface area contributed by atoms with Crippen molar-refractivity contribution in [2.75, 3.05) is 6.61 Å². The lowest BCUT2D eigenvalue weighted by molar-refractivity contribution is -0.150. The number of aryl methyl sites for hydroxylation is 2. The third-order valence-electron chi connectivity index (χ3n) is 5.41. The Morgan fingerprint density at radius 3 is 2.44 bits per heavy atom. The van der Waals surface area contributed by atoms with E-state index >= 15 is 0 Å². The third-order valence-corrected chi connectivity index (χ3v) is 5.41. The van der Waals surface area contributed by atoms with E-state index in [4.69, 9.17) is 4.74 Å². The van der Waals surface area contributed by atoms with Crippen LogP contribution in [0.5, 0.6) is 5.75 Å². The summed E-state index contributed by atoms with van der Waals surface area (Å²) in [5.74, 6) is -0.875. The molecule has 1 N–H and O–H groups in total. The Bertz CT molecular complexity index is 771. The van der Waals surface area contributed by atoms with Crippen LogP contribution in [0, 0.1) is 37.5 Å². The van der Waals surface area contributed by atoms with E-state index in [9.17, 15) is 14.4 Å². The van der Waals surface area contributed by atoms with Crippen molar-refractivity contribution < 1.29 is 19.1 Å². The fourth-order valence-electron chi connectivity index (χ4n) is 4.18. The van der Waals surface area contributed by atoms with Gasteiger partial charge >= 0.3 is 0 Å². The van der Waals surface area contributed by atoms with Gasteiger partial charge in [-0.25, -0.2) is 0 Å². The van der Waals surface area contributed by atoms with Crippen molar-refractivity contribution >= 4 is 17.7 Å². The summed E-state index contributed by atoms with van der Waals surface area (Å²) >= 11 is 0. The summed E-state index contributed by atoms with van der Waals surface area (Å²) in [7, 11) is 0. The molecule has 1 saturated carbocycles. The van der Waals surface area contributed by atoms with Gasteiger partial charge < -0.3 is 4.74 Å². The highest BCUT2D eigenvalue weighted by Gasteiger charge is 2.59. The number of nitrogens with one attached hydrogen (secondary N) is 1. The van der Waals surface area contributed by atoms with Gasteiger partial charge in [0.25, 0.3) is 17.7 Å². The number of hydrogen-bond acceptors (Lipinski definition) is 4.